The number of nitrogens with two attached hydrogens (primary N) is 1. The number of hydrogen-bond acceptors (Lipinski definition) is 5. The number of hydrogen-bond donors (Lipinski definition) is 2. The van der Waals surface area contributed by atoms with Gasteiger partial charge in [0.1, 0.15) is 5.82 Å². The molecule has 5 aromatic rings. The first-order valence-electron chi connectivity index (χ1n) is 10.9. The predicted octanol–water partition coefficient (Wildman–Crippen LogP) is 4.75. The number of rotatable bonds is 7. The molecule has 0 fully saturated rings. The van der Waals surface area contributed by atoms with Gasteiger partial charge in [-0.1, -0.05) is 42.5 Å². The third kappa shape index (κ3) is 4.66. The summed E-state index contributed by atoms with van der Waals surface area (Å²) in [5, 5.41) is 17.4. The van der Waals surface area contributed by atoms with E-state index in [0.717, 1.165) is 27.6 Å². The number of fused-ring (bicyclic) bond motifs is 1. The van der Waals surface area contributed by atoms with Crippen LogP contribution in [0.25, 0.3) is 16.0 Å². The molecule has 2 heterocycles. The van der Waals surface area contributed by atoms with Crippen molar-refractivity contribution in [3.8, 4) is 5.13 Å². The Hall–Kier alpha value is -3.86. The zero-order chi connectivity index (χ0) is 25.4. The average molecular weight is 522 g/mol. The summed E-state index contributed by atoms with van der Waals surface area (Å²) in [4.78, 5) is 15.7. The van der Waals surface area contributed by atoms with E-state index < -0.39 is 16.0 Å². The maximum Gasteiger partial charge on any atom is 0.355 e. The zero-order valence-corrected chi connectivity index (χ0v) is 20.4. The van der Waals surface area contributed by atoms with Gasteiger partial charge in [0.25, 0.3) is 0 Å². The minimum atomic E-state index is -3.80. The van der Waals surface area contributed by atoms with Crippen molar-refractivity contribution in [3.05, 3.63) is 112 Å². The van der Waals surface area contributed by atoms with Crippen LogP contribution in [0.3, 0.4) is 0 Å². The standard InChI is InChI=1S/C26H20FN3O4S2/c27-21-6-2-1-4-17(21)13-18-5-3-7-23-24(18)19(12-16-8-10-20(11-9-16)36(28,33)34)14-30(23)26-29-22(15-35-26)25(31)32/h1-11,14-15H,12-13H2,(H,31,32)(H2,28,33,34). The van der Waals surface area contributed by atoms with Crippen molar-refractivity contribution in [2.24, 2.45) is 5.14 Å². The molecule has 7 nitrogen and oxygen atoms in total. The van der Waals surface area contributed by atoms with Gasteiger partial charge in [-0.3, -0.25) is 4.57 Å². The lowest BCUT2D eigenvalue weighted by Crippen LogP contribution is -2.11. The Labute approximate surface area is 210 Å². The van der Waals surface area contributed by atoms with E-state index in [1.165, 1.54) is 34.9 Å². The lowest BCUT2D eigenvalue weighted by molar-refractivity contribution is 0.0691. The molecule has 0 unspecified atom stereocenters. The average Bonchev–Trinajstić information content (AvgIpc) is 3.46. The summed E-state index contributed by atoms with van der Waals surface area (Å²) in [6.07, 6.45) is 2.72. The molecule has 0 saturated heterocycles. The lowest BCUT2D eigenvalue weighted by Gasteiger charge is -2.09. The molecule has 36 heavy (non-hydrogen) atoms. The minimum absolute atomic E-state index is 0.0258. The minimum Gasteiger partial charge on any atom is -0.476 e. The highest BCUT2D eigenvalue weighted by Gasteiger charge is 2.18. The molecule has 5 rings (SSSR count). The monoisotopic (exact) mass is 521 g/mol. The first-order valence-corrected chi connectivity index (χ1v) is 13.3. The van der Waals surface area contributed by atoms with Gasteiger partial charge in [-0.2, -0.15) is 0 Å². The third-order valence-electron chi connectivity index (χ3n) is 5.90. The molecule has 3 aromatic carbocycles. The van der Waals surface area contributed by atoms with Gasteiger partial charge in [-0.25, -0.2) is 27.7 Å². The first kappa shape index (κ1) is 23.9. The second-order valence-corrected chi connectivity index (χ2v) is 10.7. The smallest absolute Gasteiger partial charge is 0.355 e. The topological polar surface area (TPSA) is 115 Å². The molecule has 0 aliphatic carbocycles. The Morgan fingerprint density at radius 2 is 1.69 bits per heavy atom. The van der Waals surface area contributed by atoms with E-state index in [2.05, 4.69) is 4.98 Å². The molecule has 0 spiro atoms. The highest BCUT2D eigenvalue weighted by atomic mass is 32.2. The molecule has 10 heteroatoms. The number of carboxylic acids is 1. The highest BCUT2D eigenvalue weighted by Crippen LogP contribution is 2.32. The second kappa shape index (κ2) is 9.30. The van der Waals surface area contributed by atoms with E-state index in [0.29, 0.717) is 23.5 Å². The largest absolute Gasteiger partial charge is 0.476 e. The molecule has 0 aliphatic rings. The van der Waals surface area contributed by atoms with E-state index in [1.807, 2.05) is 29.0 Å². The molecule has 3 N–H and O–H groups in total. The quantitative estimate of drug-likeness (QED) is 0.321. The number of benzene rings is 3. The molecule has 0 aliphatic heterocycles. The Morgan fingerprint density at radius 3 is 2.36 bits per heavy atom. The number of primary sulfonamides is 1. The van der Waals surface area contributed by atoms with Crippen LogP contribution in [0, 0.1) is 5.82 Å². The van der Waals surface area contributed by atoms with Crippen LogP contribution >= 0.6 is 11.3 Å². The first-order chi connectivity index (χ1) is 17.2. The number of aromatic carboxylic acids is 1. The van der Waals surface area contributed by atoms with E-state index in [-0.39, 0.29) is 16.4 Å². The van der Waals surface area contributed by atoms with Crippen molar-refractivity contribution in [2.75, 3.05) is 0 Å². The molecule has 0 saturated carbocycles. The van der Waals surface area contributed by atoms with Crippen LogP contribution in [-0.2, 0) is 22.9 Å². The van der Waals surface area contributed by atoms with Crippen molar-refractivity contribution in [1.29, 1.82) is 0 Å². The Bertz CT molecular complexity index is 1710. The molecular formula is C26H20FN3O4S2. The Balaban J connectivity index is 1.65. The van der Waals surface area contributed by atoms with Crippen molar-refractivity contribution in [3.63, 3.8) is 0 Å². The summed E-state index contributed by atoms with van der Waals surface area (Å²) in [5.74, 6) is -1.40. The molecule has 0 atom stereocenters. The summed E-state index contributed by atoms with van der Waals surface area (Å²) in [5.41, 5.74) is 4.00. The van der Waals surface area contributed by atoms with E-state index in [9.17, 15) is 22.7 Å². The van der Waals surface area contributed by atoms with E-state index in [1.54, 1.807) is 30.3 Å². The van der Waals surface area contributed by atoms with Gasteiger partial charge in [0.15, 0.2) is 10.8 Å². The summed E-state index contributed by atoms with van der Waals surface area (Å²) in [6.45, 7) is 0. The van der Waals surface area contributed by atoms with E-state index in [4.69, 9.17) is 5.14 Å². The number of carbonyl (C=O) groups is 1. The molecule has 0 bridgehead atoms. The predicted molar refractivity (Wildman–Crippen MR) is 136 cm³/mol. The van der Waals surface area contributed by atoms with Gasteiger partial charge in [0, 0.05) is 23.4 Å². The second-order valence-electron chi connectivity index (χ2n) is 8.29. The van der Waals surface area contributed by atoms with Crippen LogP contribution in [-0.4, -0.2) is 29.0 Å². The van der Waals surface area contributed by atoms with E-state index >= 15 is 0 Å². The fraction of sp³-hybridized carbons (Fsp3) is 0.0769. The van der Waals surface area contributed by atoms with Crippen LogP contribution in [0.5, 0.6) is 0 Å². The highest BCUT2D eigenvalue weighted by molar-refractivity contribution is 7.89. The van der Waals surface area contributed by atoms with Crippen LogP contribution in [0.15, 0.2) is 83.2 Å². The van der Waals surface area contributed by atoms with Crippen LogP contribution < -0.4 is 5.14 Å². The number of carboxylic acid groups (broad SMARTS) is 1. The molecule has 0 radical (unpaired) electrons. The number of sulfonamides is 1. The van der Waals surface area contributed by atoms with Crippen molar-refractivity contribution < 1.29 is 22.7 Å². The summed E-state index contributed by atoms with van der Waals surface area (Å²) >= 11 is 1.21. The molecule has 0 amide bonds. The van der Waals surface area contributed by atoms with Crippen molar-refractivity contribution in [2.45, 2.75) is 17.7 Å². The SMILES string of the molecule is NS(=O)(=O)c1ccc(Cc2cn(-c3nc(C(=O)O)cs3)c3cccc(Cc4ccccc4F)c23)cc1. The number of aromatic nitrogens is 2. The normalized spacial score (nSPS) is 11.7. The van der Waals surface area contributed by atoms with Crippen LogP contribution in [0.2, 0.25) is 0 Å². The van der Waals surface area contributed by atoms with Crippen molar-refractivity contribution >= 4 is 38.2 Å². The fourth-order valence-corrected chi connectivity index (χ4v) is 5.53. The summed E-state index contributed by atoms with van der Waals surface area (Å²) < 4.78 is 39.6. The number of nitrogens with zero attached hydrogens (tertiary/aromatic N) is 2. The van der Waals surface area contributed by atoms with Gasteiger partial charge >= 0.3 is 5.97 Å². The Kier molecular flexibility index (Phi) is 6.17. The van der Waals surface area contributed by atoms with Crippen LogP contribution in [0.4, 0.5) is 4.39 Å². The maximum absolute atomic E-state index is 14.5. The van der Waals surface area contributed by atoms with Gasteiger partial charge in [0.05, 0.1) is 10.4 Å². The van der Waals surface area contributed by atoms with Crippen LogP contribution in [0.1, 0.15) is 32.7 Å². The number of halogens is 1. The van der Waals surface area contributed by atoms with Gasteiger partial charge < -0.3 is 5.11 Å². The Morgan fingerprint density at radius 1 is 0.972 bits per heavy atom. The van der Waals surface area contributed by atoms with Gasteiger partial charge in [-0.15, -0.1) is 11.3 Å². The summed E-state index contributed by atoms with van der Waals surface area (Å²) in [6, 6.07) is 18.7. The zero-order valence-electron chi connectivity index (χ0n) is 18.8. The molecule has 182 valence electrons. The molecular weight excluding hydrogens is 501 g/mol. The lowest BCUT2D eigenvalue weighted by atomic mass is 9.96. The third-order valence-corrected chi connectivity index (χ3v) is 7.67. The maximum atomic E-state index is 14.5. The van der Waals surface area contributed by atoms with Gasteiger partial charge in [-0.05, 0) is 52.9 Å². The number of thiazole rings is 1. The van der Waals surface area contributed by atoms with Gasteiger partial charge in [0.2, 0.25) is 10.0 Å². The fourth-order valence-electron chi connectivity index (χ4n) is 4.22. The van der Waals surface area contributed by atoms with Crippen molar-refractivity contribution in [1.82, 2.24) is 9.55 Å². The molecule has 2 aromatic heterocycles. The summed E-state index contributed by atoms with van der Waals surface area (Å²) in [7, 11) is -3.80.